The molecule has 0 unspecified atom stereocenters. The quantitative estimate of drug-likeness (QED) is 0.651. The van der Waals surface area contributed by atoms with E-state index in [0.29, 0.717) is 0 Å². The van der Waals surface area contributed by atoms with Crippen LogP contribution in [-0.4, -0.2) is 0 Å². The minimum absolute atomic E-state index is 0.346. The summed E-state index contributed by atoms with van der Waals surface area (Å²) in [6, 6.07) is 17.9. The van der Waals surface area contributed by atoms with Gasteiger partial charge in [0.15, 0.2) is 38.3 Å². The molecule has 1 fully saturated rings. The molecule has 0 aliphatic carbocycles. The molecular weight excluding hydrogens is 350 g/mol. The summed E-state index contributed by atoms with van der Waals surface area (Å²) in [6.07, 6.45) is 0. The smallest absolute Gasteiger partial charge is 0.329 e. The van der Waals surface area contributed by atoms with Crippen LogP contribution in [0, 0.1) is 0 Å². The molecule has 1 saturated heterocycles. The van der Waals surface area contributed by atoms with E-state index >= 15 is 0 Å². The van der Waals surface area contributed by atoms with Crippen LogP contribution in [0.2, 0.25) is 0 Å². The maximum Gasteiger partial charge on any atom is 0.329 e. The molecular formula is C12H9OP2S4+. The van der Waals surface area contributed by atoms with Crippen LogP contribution in [0.25, 0.3) is 0 Å². The molecule has 0 atom stereocenters. The molecule has 0 spiro atoms. The van der Waals surface area contributed by atoms with Crippen molar-refractivity contribution in [1.82, 2.24) is 0 Å². The van der Waals surface area contributed by atoms with Crippen LogP contribution in [-0.2, 0) is 23.6 Å². The van der Waals surface area contributed by atoms with Crippen LogP contribution in [0.4, 0.5) is 0 Å². The summed E-state index contributed by atoms with van der Waals surface area (Å²) >= 11 is 14.6. The Balaban J connectivity index is 1.76. The highest BCUT2D eigenvalue weighted by atomic mass is 33.7. The van der Waals surface area contributed by atoms with Gasteiger partial charge in [0.05, 0.1) is 0 Å². The normalized spacial score (nSPS) is 23.7. The predicted octanol–water partition coefficient (Wildman–Crippen LogP) is 5.67. The van der Waals surface area contributed by atoms with E-state index in [1.165, 1.54) is 5.30 Å². The monoisotopic (exact) mass is 359 g/mol. The number of para-hydroxylation sites is 1. The fraction of sp³-hybridized carbons (Fsp3) is 0. The lowest BCUT2D eigenvalue weighted by Gasteiger charge is -2.17. The maximum atomic E-state index is 5.77. The van der Waals surface area contributed by atoms with Crippen molar-refractivity contribution in [3.05, 3.63) is 54.6 Å². The van der Waals surface area contributed by atoms with Gasteiger partial charge >= 0.3 is 5.10 Å². The summed E-state index contributed by atoms with van der Waals surface area (Å²) in [7, 11) is 0. The van der Waals surface area contributed by atoms with Crippen molar-refractivity contribution in [2.45, 2.75) is 0 Å². The van der Waals surface area contributed by atoms with Crippen LogP contribution >= 0.6 is 31.5 Å². The van der Waals surface area contributed by atoms with E-state index < -0.39 is 4.44 Å². The van der Waals surface area contributed by atoms with Gasteiger partial charge in [-0.2, -0.15) is 0 Å². The molecule has 0 bridgehead atoms. The number of benzene rings is 2. The van der Waals surface area contributed by atoms with Gasteiger partial charge in [-0.3, -0.25) is 0 Å². The molecule has 7 heteroatoms. The molecule has 0 aromatic heterocycles. The van der Waals surface area contributed by atoms with Gasteiger partial charge in [0.25, 0.3) is 0 Å². The first-order valence-corrected chi connectivity index (χ1v) is 14.7. The minimum atomic E-state index is -1.47. The fourth-order valence-electron chi connectivity index (χ4n) is 1.60. The largest absolute Gasteiger partial charge is 0.457 e. The van der Waals surface area contributed by atoms with Gasteiger partial charge in [-0.05, 0) is 36.4 Å². The molecule has 1 aliphatic rings. The molecule has 3 rings (SSSR count). The Morgan fingerprint density at radius 2 is 1.47 bits per heavy atom. The Hall–Kier alpha value is 0.110. The van der Waals surface area contributed by atoms with Crippen molar-refractivity contribution in [3.8, 4) is 11.5 Å². The molecule has 96 valence electrons. The van der Waals surface area contributed by atoms with Crippen LogP contribution < -0.4 is 10.0 Å². The third-order valence-electron chi connectivity index (χ3n) is 2.48. The first-order valence-electron chi connectivity index (χ1n) is 5.46. The van der Waals surface area contributed by atoms with E-state index in [9.17, 15) is 0 Å². The number of hydrogen-bond acceptors (Lipinski definition) is 5. The summed E-state index contributed by atoms with van der Waals surface area (Å²) in [6.45, 7) is 0. The average molecular weight is 359 g/mol. The molecule has 2 aromatic carbocycles. The van der Waals surface area contributed by atoms with Crippen molar-refractivity contribution in [2.24, 2.45) is 0 Å². The Bertz CT molecular complexity index is 645. The molecule has 19 heavy (non-hydrogen) atoms. The average Bonchev–Trinajstić information content (AvgIpc) is 2.39. The second-order valence-corrected chi connectivity index (χ2v) is 22.4. The second kappa shape index (κ2) is 5.85. The Morgan fingerprint density at radius 3 is 2.05 bits per heavy atom. The first kappa shape index (κ1) is 14.1. The molecule has 0 saturated carbocycles. The zero-order valence-corrected chi connectivity index (χ0v) is 14.7. The van der Waals surface area contributed by atoms with Crippen LogP contribution in [0.5, 0.6) is 11.5 Å². The zero-order chi connectivity index (χ0) is 13.3. The Morgan fingerprint density at radius 1 is 0.895 bits per heavy atom. The number of hydrogen-bond donors (Lipinski definition) is 0. The highest BCUT2D eigenvalue weighted by Gasteiger charge is 2.48. The highest BCUT2D eigenvalue weighted by Crippen LogP contribution is 2.96. The predicted molar refractivity (Wildman–Crippen MR) is 96.3 cm³/mol. The standard InChI is InChI=1S/C12H9OP2S4/c16-14-18-15(17,19-14)12-8-6-11(7-9-12)13-10-4-2-1-3-5-10/h1-9H/q+1. The third kappa shape index (κ3) is 3.24. The Kier molecular flexibility index (Phi) is 4.33. The third-order valence-corrected chi connectivity index (χ3v) is 28.8. The zero-order valence-electron chi connectivity index (χ0n) is 9.63. The second-order valence-electron chi connectivity index (χ2n) is 3.79. The Labute approximate surface area is 130 Å². The lowest BCUT2D eigenvalue weighted by Crippen LogP contribution is -2.00. The molecule has 1 aliphatic heterocycles. The molecule has 1 heterocycles. The van der Waals surface area contributed by atoms with Crippen LogP contribution in [0.3, 0.4) is 0 Å². The van der Waals surface area contributed by atoms with Crippen molar-refractivity contribution in [3.63, 3.8) is 0 Å². The molecule has 0 amide bonds. The van der Waals surface area contributed by atoms with Crippen molar-refractivity contribution in [1.29, 1.82) is 0 Å². The van der Waals surface area contributed by atoms with Crippen LogP contribution in [0.1, 0.15) is 0 Å². The maximum absolute atomic E-state index is 5.77. The van der Waals surface area contributed by atoms with Gasteiger partial charge in [-0.25, -0.2) is 0 Å². The lowest BCUT2D eigenvalue weighted by atomic mass is 10.3. The summed E-state index contributed by atoms with van der Waals surface area (Å²) in [5, 5.41) is 0.891. The van der Waals surface area contributed by atoms with Gasteiger partial charge in [0.1, 0.15) is 11.5 Å². The van der Waals surface area contributed by atoms with Crippen LogP contribution in [0.15, 0.2) is 54.6 Å². The highest BCUT2D eigenvalue weighted by molar-refractivity contribution is 9.44. The van der Waals surface area contributed by atoms with Gasteiger partial charge in [-0.1, -0.05) is 30.0 Å². The van der Waals surface area contributed by atoms with Gasteiger partial charge < -0.3 is 4.74 Å². The van der Waals surface area contributed by atoms with E-state index in [-0.39, 0.29) is 5.10 Å². The lowest BCUT2D eigenvalue weighted by molar-refractivity contribution is 0.483. The number of ether oxygens (including phenoxy) is 1. The summed E-state index contributed by atoms with van der Waals surface area (Å²) in [5.74, 6) is 1.69. The molecule has 1 nitrogen and oxygen atoms in total. The minimum Gasteiger partial charge on any atom is -0.457 e. The van der Waals surface area contributed by atoms with Gasteiger partial charge in [0.2, 0.25) is 0 Å². The summed E-state index contributed by atoms with van der Waals surface area (Å²) < 4.78 is 4.30. The molecule has 0 N–H and O–H groups in total. The van der Waals surface area contributed by atoms with E-state index in [2.05, 4.69) is 12.1 Å². The summed E-state index contributed by atoms with van der Waals surface area (Å²) in [5.41, 5.74) is 0. The van der Waals surface area contributed by atoms with E-state index in [1.54, 1.807) is 0 Å². The fourth-order valence-corrected chi connectivity index (χ4v) is 33.4. The topological polar surface area (TPSA) is 9.23 Å². The van der Waals surface area contributed by atoms with Gasteiger partial charge in [0, 0.05) is 5.30 Å². The van der Waals surface area contributed by atoms with Crippen molar-refractivity contribution in [2.75, 3.05) is 0 Å². The molecule has 0 radical (unpaired) electrons. The number of rotatable bonds is 3. The van der Waals surface area contributed by atoms with Gasteiger partial charge in [-0.15, -0.1) is 0 Å². The van der Waals surface area contributed by atoms with Crippen molar-refractivity contribution >= 4 is 60.5 Å². The van der Waals surface area contributed by atoms with Crippen molar-refractivity contribution < 1.29 is 4.74 Å². The molecule has 2 aromatic rings. The van der Waals surface area contributed by atoms with E-state index in [0.717, 1.165) is 11.5 Å². The van der Waals surface area contributed by atoms with E-state index in [1.807, 2.05) is 64.5 Å². The SMILES string of the molecule is S=[P+]1SP(=S)(c2ccc(Oc3ccccc3)cc2)S1. The summed E-state index contributed by atoms with van der Waals surface area (Å²) in [4.78, 5) is 0. The first-order chi connectivity index (χ1) is 9.16. The van der Waals surface area contributed by atoms with E-state index in [4.69, 9.17) is 28.4 Å².